The van der Waals surface area contributed by atoms with E-state index in [1.165, 1.54) is 0 Å². The van der Waals surface area contributed by atoms with Crippen LogP contribution in [-0.2, 0) is 9.59 Å². The highest BCUT2D eigenvalue weighted by Gasteiger charge is 2.47. The quantitative estimate of drug-likeness (QED) is 0.617. The Morgan fingerprint density at radius 3 is 1.94 bits per heavy atom. The van der Waals surface area contributed by atoms with Crippen LogP contribution < -0.4 is 5.32 Å². The molecule has 32 heavy (non-hydrogen) atoms. The van der Waals surface area contributed by atoms with Crippen LogP contribution >= 0.6 is 0 Å². The number of dihydropyridines is 1. The molecule has 0 bridgehead atoms. The molecule has 2 aromatic rings. The summed E-state index contributed by atoms with van der Waals surface area (Å²) in [5.41, 5.74) is 5.80. The lowest BCUT2D eigenvalue weighted by Gasteiger charge is -2.43. The Balaban J connectivity index is 1.79. The van der Waals surface area contributed by atoms with Crippen molar-refractivity contribution in [2.24, 2.45) is 10.8 Å². The molecule has 1 aliphatic heterocycles. The number of allylic oxidation sites excluding steroid dienone is 4. The van der Waals surface area contributed by atoms with Crippen molar-refractivity contribution in [3.05, 3.63) is 58.6 Å². The summed E-state index contributed by atoms with van der Waals surface area (Å²) < 4.78 is 2.28. The van der Waals surface area contributed by atoms with Gasteiger partial charge in [0.1, 0.15) is 0 Å². The summed E-state index contributed by atoms with van der Waals surface area (Å²) in [4.78, 5) is 27.1. The molecule has 0 unspecified atom stereocenters. The third kappa shape index (κ3) is 3.27. The highest BCUT2D eigenvalue weighted by atomic mass is 16.1. The number of nitrogens with one attached hydrogen (secondary N) is 1. The lowest BCUT2D eigenvalue weighted by atomic mass is 9.64. The van der Waals surface area contributed by atoms with Crippen molar-refractivity contribution in [3.8, 4) is 0 Å². The average Bonchev–Trinajstić information content (AvgIpc) is 3.04. The maximum atomic E-state index is 13.6. The molecule has 1 aromatic heterocycles. The first kappa shape index (κ1) is 21.2. The summed E-state index contributed by atoms with van der Waals surface area (Å²) in [6, 6.07) is 8.69. The van der Waals surface area contributed by atoms with Crippen molar-refractivity contribution >= 4 is 22.5 Å². The average molecular weight is 431 g/mol. The lowest BCUT2D eigenvalue weighted by Crippen LogP contribution is -2.42. The highest BCUT2D eigenvalue weighted by Crippen LogP contribution is 2.52. The Morgan fingerprint density at radius 2 is 1.41 bits per heavy atom. The minimum atomic E-state index is -0.279. The standard InChI is InChI=1S/C28H34N2O2/c1-16(2)30-15-18(17-9-7-8-10-21(17)30)24-25-19(11-27(3,4)13-22(25)31)29-20-12-28(5,6)14-23(32)26(20)24/h7-10,15-16,24,29H,11-14H2,1-6H3. The number of ketones is 2. The number of hydrogen-bond acceptors (Lipinski definition) is 3. The fourth-order valence-corrected chi connectivity index (χ4v) is 6.09. The molecule has 2 aliphatic carbocycles. The van der Waals surface area contributed by atoms with E-state index in [2.05, 4.69) is 81.9 Å². The molecule has 1 N–H and O–H groups in total. The minimum Gasteiger partial charge on any atom is -0.362 e. The summed E-state index contributed by atoms with van der Waals surface area (Å²) in [5, 5.41) is 4.76. The monoisotopic (exact) mass is 430 g/mol. The van der Waals surface area contributed by atoms with Crippen molar-refractivity contribution in [1.29, 1.82) is 0 Å². The Kier molecular flexibility index (Phi) is 4.60. The van der Waals surface area contributed by atoms with Gasteiger partial charge in [-0.1, -0.05) is 45.9 Å². The van der Waals surface area contributed by atoms with Crippen molar-refractivity contribution in [3.63, 3.8) is 0 Å². The first-order chi connectivity index (χ1) is 15.0. The molecule has 1 aromatic carbocycles. The topological polar surface area (TPSA) is 51.1 Å². The van der Waals surface area contributed by atoms with Gasteiger partial charge >= 0.3 is 0 Å². The Labute approximate surface area is 190 Å². The minimum absolute atomic E-state index is 0.0777. The predicted molar refractivity (Wildman–Crippen MR) is 128 cm³/mol. The van der Waals surface area contributed by atoms with Crippen LogP contribution in [0.1, 0.15) is 84.7 Å². The van der Waals surface area contributed by atoms with Crippen LogP contribution in [0.2, 0.25) is 0 Å². The summed E-state index contributed by atoms with van der Waals surface area (Å²) >= 11 is 0. The van der Waals surface area contributed by atoms with Crippen LogP contribution in [0.3, 0.4) is 0 Å². The van der Waals surface area contributed by atoms with Crippen LogP contribution in [0.15, 0.2) is 53.0 Å². The molecule has 0 saturated heterocycles. The van der Waals surface area contributed by atoms with Gasteiger partial charge in [-0.25, -0.2) is 0 Å². The Bertz CT molecular complexity index is 1170. The van der Waals surface area contributed by atoms with E-state index in [0.29, 0.717) is 18.9 Å². The number of Topliss-reactive ketones (excluding diaryl/α,β-unsaturated/α-hetero) is 2. The number of carbonyl (C=O) groups excluding carboxylic acids is 2. The van der Waals surface area contributed by atoms with E-state index in [-0.39, 0.29) is 28.3 Å². The molecular weight excluding hydrogens is 396 g/mol. The zero-order chi connectivity index (χ0) is 23.0. The second-order valence-corrected chi connectivity index (χ2v) is 11.8. The molecule has 168 valence electrons. The molecule has 0 saturated carbocycles. The summed E-state index contributed by atoms with van der Waals surface area (Å²) in [7, 11) is 0. The van der Waals surface area contributed by atoms with Gasteiger partial charge in [-0.2, -0.15) is 0 Å². The van der Waals surface area contributed by atoms with Gasteiger partial charge in [0.05, 0.1) is 0 Å². The Hall–Kier alpha value is -2.62. The van der Waals surface area contributed by atoms with Gasteiger partial charge < -0.3 is 9.88 Å². The number of benzene rings is 1. The van der Waals surface area contributed by atoms with E-state index in [0.717, 1.165) is 51.8 Å². The van der Waals surface area contributed by atoms with E-state index in [4.69, 9.17) is 0 Å². The molecule has 4 nitrogen and oxygen atoms in total. The number of aromatic nitrogens is 1. The SMILES string of the molecule is CC(C)n1cc(C2C3=C(CC(C)(C)CC3=O)NC3=C2C(=O)CC(C)(C)C3)c2ccccc21. The molecule has 4 heteroatoms. The predicted octanol–water partition coefficient (Wildman–Crippen LogP) is 6.20. The molecule has 0 amide bonds. The lowest BCUT2D eigenvalue weighted by molar-refractivity contribution is -0.119. The van der Waals surface area contributed by atoms with Crippen molar-refractivity contribution in [2.45, 2.75) is 79.2 Å². The van der Waals surface area contributed by atoms with Gasteiger partial charge in [-0.15, -0.1) is 0 Å². The highest BCUT2D eigenvalue weighted by molar-refractivity contribution is 6.08. The van der Waals surface area contributed by atoms with E-state index < -0.39 is 0 Å². The first-order valence-electron chi connectivity index (χ1n) is 11.9. The first-order valence-corrected chi connectivity index (χ1v) is 11.9. The van der Waals surface area contributed by atoms with Crippen LogP contribution in [0.25, 0.3) is 10.9 Å². The smallest absolute Gasteiger partial charge is 0.162 e. The third-order valence-electron chi connectivity index (χ3n) is 7.36. The third-order valence-corrected chi connectivity index (χ3v) is 7.36. The molecule has 0 atom stereocenters. The second-order valence-electron chi connectivity index (χ2n) is 11.8. The molecule has 0 spiro atoms. The second kappa shape index (κ2) is 6.94. The zero-order valence-electron chi connectivity index (χ0n) is 20.1. The van der Waals surface area contributed by atoms with Crippen LogP contribution in [0, 0.1) is 10.8 Å². The zero-order valence-corrected chi connectivity index (χ0v) is 20.1. The molecule has 0 radical (unpaired) electrons. The van der Waals surface area contributed by atoms with Gasteiger partial charge in [0.15, 0.2) is 11.6 Å². The number of rotatable bonds is 2. The maximum Gasteiger partial charge on any atom is 0.162 e. The maximum absolute atomic E-state index is 13.6. The normalized spacial score (nSPS) is 23.0. The largest absolute Gasteiger partial charge is 0.362 e. The summed E-state index contributed by atoms with van der Waals surface area (Å²) in [6.07, 6.45) is 4.91. The van der Waals surface area contributed by atoms with Gasteiger partial charge in [-0.05, 0) is 49.1 Å². The fourth-order valence-electron chi connectivity index (χ4n) is 6.09. The summed E-state index contributed by atoms with van der Waals surface area (Å²) in [6.45, 7) is 13.0. The number of nitrogens with zero attached hydrogens (tertiary/aromatic N) is 1. The van der Waals surface area contributed by atoms with Crippen molar-refractivity contribution in [2.75, 3.05) is 0 Å². The fraction of sp³-hybridized carbons (Fsp3) is 0.500. The Morgan fingerprint density at radius 1 is 0.875 bits per heavy atom. The van der Waals surface area contributed by atoms with E-state index in [1.807, 2.05) is 0 Å². The van der Waals surface area contributed by atoms with Crippen molar-refractivity contribution in [1.82, 2.24) is 9.88 Å². The molecule has 3 aliphatic rings. The number of hydrogen-bond donors (Lipinski definition) is 1. The van der Waals surface area contributed by atoms with Crippen LogP contribution in [0.4, 0.5) is 0 Å². The van der Waals surface area contributed by atoms with E-state index in [9.17, 15) is 9.59 Å². The molecule has 0 fully saturated rings. The number of carbonyl (C=O) groups is 2. The number of fused-ring (bicyclic) bond motifs is 1. The van der Waals surface area contributed by atoms with Crippen LogP contribution in [0.5, 0.6) is 0 Å². The van der Waals surface area contributed by atoms with E-state index in [1.54, 1.807) is 0 Å². The number of para-hydroxylation sites is 1. The molecule has 5 rings (SSSR count). The van der Waals surface area contributed by atoms with Gasteiger partial charge in [0, 0.05) is 64.4 Å². The van der Waals surface area contributed by atoms with Crippen LogP contribution in [-0.4, -0.2) is 16.1 Å². The molecular formula is C28H34N2O2. The van der Waals surface area contributed by atoms with Crippen molar-refractivity contribution < 1.29 is 9.59 Å². The van der Waals surface area contributed by atoms with Gasteiger partial charge in [-0.3, -0.25) is 9.59 Å². The van der Waals surface area contributed by atoms with Gasteiger partial charge in [0.25, 0.3) is 0 Å². The summed E-state index contributed by atoms with van der Waals surface area (Å²) in [5.74, 6) is 0.0805. The van der Waals surface area contributed by atoms with Gasteiger partial charge in [0.2, 0.25) is 0 Å². The molecule has 2 heterocycles. The van der Waals surface area contributed by atoms with E-state index >= 15 is 0 Å².